The van der Waals surface area contributed by atoms with Crippen LogP contribution < -0.4 is 0 Å². The molecule has 0 amide bonds. The molecule has 0 spiro atoms. The molecule has 0 heterocycles. The smallest absolute Gasteiger partial charge is 0.164 e. The maximum absolute atomic E-state index is 12.5. The largest absolute Gasteiger partial charge is 0.505 e. The van der Waals surface area contributed by atoms with Crippen LogP contribution in [-0.2, 0) is 0 Å². The summed E-state index contributed by atoms with van der Waals surface area (Å²) in [6.07, 6.45) is 0. The van der Waals surface area contributed by atoms with Gasteiger partial charge in [-0.25, -0.2) is 4.39 Å². The molecule has 58 valence electrons. The minimum atomic E-state index is -0.697. The Hall–Kier alpha value is -2.00. The molecule has 0 unspecified atom stereocenters. The van der Waals surface area contributed by atoms with Gasteiger partial charge in [0.05, 0.1) is 0 Å². The van der Waals surface area contributed by atoms with Crippen molar-refractivity contribution in [2.45, 2.75) is 0 Å². The van der Waals surface area contributed by atoms with E-state index in [0.29, 0.717) is 5.56 Å². The molecule has 2 nitrogen and oxygen atoms in total. The molecule has 1 rings (SSSR count). The highest BCUT2D eigenvalue weighted by molar-refractivity contribution is 5.42. The Labute approximate surface area is 68.9 Å². The molecule has 0 aliphatic carbocycles. The van der Waals surface area contributed by atoms with E-state index in [1.165, 1.54) is 12.1 Å². The van der Waals surface area contributed by atoms with Gasteiger partial charge in [-0.15, -0.1) is 0 Å². The summed E-state index contributed by atoms with van der Waals surface area (Å²) >= 11 is 0. The molecule has 0 bridgehead atoms. The summed E-state index contributed by atoms with van der Waals surface area (Å²) in [5, 5.41) is 17.0. The fourth-order valence-corrected chi connectivity index (χ4v) is 0.691. The molecule has 0 radical (unpaired) electrons. The molecule has 0 saturated carbocycles. The number of nitrogens with zero attached hydrogens (tertiary/aromatic N) is 1. The molecule has 0 atom stereocenters. The molecule has 0 aromatic heterocycles. The Morgan fingerprint density at radius 2 is 2.17 bits per heavy atom. The van der Waals surface area contributed by atoms with Gasteiger partial charge >= 0.3 is 0 Å². The lowest BCUT2D eigenvalue weighted by molar-refractivity contribution is 0.432. The normalized spacial score (nSPS) is 8.00. The minimum Gasteiger partial charge on any atom is -0.505 e. The van der Waals surface area contributed by atoms with Crippen molar-refractivity contribution in [1.29, 1.82) is 5.26 Å². The molecule has 0 fully saturated rings. The van der Waals surface area contributed by atoms with Crippen LogP contribution in [0.2, 0.25) is 0 Å². The molecule has 0 saturated heterocycles. The molecule has 0 aliphatic rings. The van der Waals surface area contributed by atoms with Gasteiger partial charge in [-0.05, 0) is 18.2 Å². The summed E-state index contributed by atoms with van der Waals surface area (Å²) in [5.74, 6) is 3.40. The van der Waals surface area contributed by atoms with Crippen molar-refractivity contribution in [2.24, 2.45) is 0 Å². The molecule has 1 N–H and O–H groups in total. The Balaban J connectivity index is 3.07. The highest BCUT2D eigenvalue weighted by Crippen LogP contribution is 2.15. The van der Waals surface area contributed by atoms with Crippen molar-refractivity contribution >= 4 is 0 Å². The Kier molecular flexibility index (Phi) is 2.30. The van der Waals surface area contributed by atoms with Crippen molar-refractivity contribution in [3.63, 3.8) is 0 Å². The highest BCUT2D eigenvalue weighted by atomic mass is 19.1. The predicted octanol–water partition coefficient (Wildman–Crippen LogP) is 1.41. The molecule has 1 aromatic carbocycles. The molecule has 1 aromatic rings. The molecular weight excluding hydrogens is 157 g/mol. The van der Waals surface area contributed by atoms with E-state index in [9.17, 15) is 4.39 Å². The predicted molar refractivity (Wildman–Crippen MR) is 40.6 cm³/mol. The zero-order valence-corrected chi connectivity index (χ0v) is 6.00. The second-order valence-electron chi connectivity index (χ2n) is 2.03. The first-order valence-electron chi connectivity index (χ1n) is 3.12. The lowest BCUT2D eigenvalue weighted by atomic mass is 10.2. The highest BCUT2D eigenvalue weighted by Gasteiger charge is 1.98. The van der Waals surface area contributed by atoms with E-state index in [0.717, 1.165) is 6.07 Å². The summed E-state index contributed by atoms with van der Waals surface area (Å²) in [4.78, 5) is 0. The van der Waals surface area contributed by atoms with Crippen LogP contribution in [0.25, 0.3) is 0 Å². The molecular formula is C9H4FNO. The van der Waals surface area contributed by atoms with Crippen molar-refractivity contribution < 1.29 is 9.50 Å². The minimum absolute atomic E-state index is 0.412. The number of phenols is 1. The number of rotatable bonds is 0. The monoisotopic (exact) mass is 161 g/mol. The quantitative estimate of drug-likeness (QED) is 0.584. The standard InChI is InChI=1S/C9H4FNO/c10-8-4-3-7(2-1-5-11)6-9(8)12/h3-4,6,12H. The first-order valence-corrected chi connectivity index (χ1v) is 3.12. The van der Waals surface area contributed by atoms with Crippen molar-refractivity contribution in [2.75, 3.05) is 0 Å². The second-order valence-corrected chi connectivity index (χ2v) is 2.03. The summed E-state index contributed by atoms with van der Waals surface area (Å²) in [6, 6.07) is 5.26. The van der Waals surface area contributed by atoms with E-state index in [-0.39, 0.29) is 0 Å². The Morgan fingerprint density at radius 1 is 1.42 bits per heavy atom. The maximum Gasteiger partial charge on any atom is 0.164 e. The zero-order valence-electron chi connectivity index (χ0n) is 6.00. The third-order valence-corrected chi connectivity index (χ3v) is 1.21. The van der Waals surface area contributed by atoms with Gasteiger partial charge in [-0.1, -0.05) is 5.92 Å². The first-order chi connectivity index (χ1) is 5.74. The van der Waals surface area contributed by atoms with Crippen LogP contribution >= 0.6 is 0 Å². The fourth-order valence-electron chi connectivity index (χ4n) is 0.691. The lowest BCUT2D eigenvalue weighted by Crippen LogP contribution is -1.78. The van der Waals surface area contributed by atoms with Gasteiger partial charge in [0, 0.05) is 11.5 Å². The van der Waals surface area contributed by atoms with E-state index in [4.69, 9.17) is 10.4 Å². The fraction of sp³-hybridized carbons (Fsp3) is 0. The molecule has 0 aliphatic heterocycles. The third kappa shape index (κ3) is 1.74. The van der Waals surface area contributed by atoms with Gasteiger partial charge in [0.1, 0.15) is 0 Å². The van der Waals surface area contributed by atoms with E-state index >= 15 is 0 Å². The lowest BCUT2D eigenvalue weighted by Gasteiger charge is -1.93. The van der Waals surface area contributed by atoms with Gasteiger partial charge in [-0.2, -0.15) is 5.26 Å². The van der Waals surface area contributed by atoms with Crippen LogP contribution in [0.3, 0.4) is 0 Å². The van der Waals surface area contributed by atoms with E-state index < -0.39 is 11.6 Å². The van der Waals surface area contributed by atoms with Crippen LogP contribution in [0.5, 0.6) is 5.75 Å². The summed E-state index contributed by atoms with van der Waals surface area (Å²) in [6.45, 7) is 0. The maximum atomic E-state index is 12.5. The Bertz CT molecular complexity index is 395. The number of hydrogen-bond acceptors (Lipinski definition) is 2. The van der Waals surface area contributed by atoms with Gasteiger partial charge in [-0.3, -0.25) is 0 Å². The number of halogens is 1. The molecule has 3 heteroatoms. The average Bonchev–Trinajstić information content (AvgIpc) is 2.07. The number of benzene rings is 1. The summed E-state index contributed by atoms with van der Waals surface area (Å²) in [5.41, 5.74) is 0.412. The molecule has 12 heavy (non-hydrogen) atoms. The number of aromatic hydroxyl groups is 1. The van der Waals surface area contributed by atoms with Crippen molar-refractivity contribution in [1.82, 2.24) is 0 Å². The third-order valence-electron chi connectivity index (χ3n) is 1.21. The van der Waals surface area contributed by atoms with E-state index in [1.807, 2.05) is 0 Å². The summed E-state index contributed by atoms with van der Waals surface area (Å²) < 4.78 is 12.5. The van der Waals surface area contributed by atoms with Crippen molar-refractivity contribution in [3.8, 4) is 23.7 Å². The number of phenolic OH excluding ortho intramolecular Hbond substituents is 1. The van der Waals surface area contributed by atoms with Crippen LogP contribution in [0, 0.1) is 29.0 Å². The first kappa shape index (κ1) is 8.10. The number of nitriles is 1. The van der Waals surface area contributed by atoms with Crippen molar-refractivity contribution in [3.05, 3.63) is 29.6 Å². The summed E-state index contributed by atoms with van der Waals surface area (Å²) in [7, 11) is 0. The van der Waals surface area contributed by atoms with Gasteiger partial charge in [0.25, 0.3) is 0 Å². The van der Waals surface area contributed by atoms with E-state index in [1.54, 1.807) is 6.07 Å². The SMILES string of the molecule is N#CC#Cc1ccc(F)c(O)c1. The van der Waals surface area contributed by atoms with Gasteiger partial charge in [0.15, 0.2) is 17.6 Å². The van der Waals surface area contributed by atoms with Gasteiger partial charge < -0.3 is 5.11 Å². The van der Waals surface area contributed by atoms with Crippen LogP contribution in [0.4, 0.5) is 4.39 Å². The van der Waals surface area contributed by atoms with Crippen LogP contribution in [0.1, 0.15) is 5.56 Å². The zero-order chi connectivity index (χ0) is 8.97. The average molecular weight is 161 g/mol. The second kappa shape index (κ2) is 3.41. The van der Waals surface area contributed by atoms with Crippen LogP contribution in [-0.4, -0.2) is 5.11 Å². The topological polar surface area (TPSA) is 44.0 Å². The Morgan fingerprint density at radius 3 is 2.75 bits per heavy atom. The van der Waals surface area contributed by atoms with E-state index in [2.05, 4.69) is 11.8 Å². The van der Waals surface area contributed by atoms with Crippen LogP contribution in [0.15, 0.2) is 18.2 Å². The number of hydrogen-bond donors (Lipinski definition) is 1. The van der Waals surface area contributed by atoms with Gasteiger partial charge in [0.2, 0.25) is 0 Å².